The molecular weight excluding hydrogens is 274 g/mol. The van der Waals surface area contributed by atoms with E-state index in [4.69, 9.17) is 0 Å². The molecule has 0 bridgehead atoms. The number of nitro groups is 1. The van der Waals surface area contributed by atoms with Crippen LogP contribution in [0.2, 0.25) is 0 Å². The molecule has 0 spiro atoms. The normalized spacial score (nSPS) is 25.6. The number of aliphatic hydroxyl groups excluding tert-OH is 1. The van der Waals surface area contributed by atoms with Crippen molar-refractivity contribution >= 4 is 11.7 Å². The third kappa shape index (κ3) is 3.07. The van der Waals surface area contributed by atoms with Crippen LogP contribution >= 0.6 is 0 Å². The minimum atomic E-state index is -0.617. The Kier molecular flexibility index (Phi) is 4.32. The van der Waals surface area contributed by atoms with Gasteiger partial charge >= 0.3 is 5.82 Å². The van der Waals surface area contributed by atoms with Crippen LogP contribution in [0, 0.1) is 16.0 Å². The highest BCUT2D eigenvalue weighted by Crippen LogP contribution is 2.32. The lowest BCUT2D eigenvalue weighted by molar-refractivity contribution is -0.391. The third-order valence-electron chi connectivity index (χ3n) is 4.29. The number of hydrogen-bond donors (Lipinski definition) is 2. The molecule has 2 rings (SSSR count). The van der Waals surface area contributed by atoms with Gasteiger partial charge in [0.05, 0.1) is 19.2 Å². The molecule has 1 saturated carbocycles. The van der Waals surface area contributed by atoms with E-state index in [1.54, 1.807) is 0 Å². The van der Waals surface area contributed by atoms with Crippen molar-refractivity contribution in [3.63, 3.8) is 0 Å². The Hall–Kier alpha value is -1.89. The number of carbonyl (C=O) groups is 1. The Labute approximate surface area is 123 Å². The highest BCUT2D eigenvalue weighted by Gasteiger charge is 2.37. The average molecular weight is 295 g/mol. The van der Waals surface area contributed by atoms with Crippen molar-refractivity contribution in [2.75, 3.05) is 6.61 Å². The van der Waals surface area contributed by atoms with Gasteiger partial charge in [-0.25, -0.2) is 4.57 Å². The van der Waals surface area contributed by atoms with Gasteiger partial charge in [0.2, 0.25) is 0 Å². The van der Waals surface area contributed by atoms with E-state index < -0.39 is 10.5 Å². The van der Waals surface area contributed by atoms with Gasteiger partial charge in [0.15, 0.2) is 5.69 Å². The van der Waals surface area contributed by atoms with Gasteiger partial charge in [-0.2, -0.15) is 0 Å². The maximum atomic E-state index is 12.4. The van der Waals surface area contributed by atoms with Crippen molar-refractivity contribution in [1.29, 1.82) is 0 Å². The first-order valence-corrected chi connectivity index (χ1v) is 7.12. The summed E-state index contributed by atoms with van der Waals surface area (Å²) in [4.78, 5) is 22.7. The van der Waals surface area contributed by atoms with Gasteiger partial charge < -0.3 is 20.5 Å². The Morgan fingerprint density at radius 3 is 2.86 bits per heavy atom. The maximum absolute atomic E-state index is 12.4. The van der Waals surface area contributed by atoms with Crippen LogP contribution in [-0.4, -0.2) is 32.6 Å². The van der Waals surface area contributed by atoms with Crippen LogP contribution in [0.5, 0.6) is 0 Å². The summed E-state index contributed by atoms with van der Waals surface area (Å²) in [6.45, 7) is 1.98. The fourth-order valence-electron chi connectivity index (χ4n) is 3.17. The SMILES string of the molecule is CC1CCCC(CO)(NC(=O)c2ccc([N+](=O)[O-])n2C)C1. The van der Waals surface area contributed by atoms with Crippen LogP contribution in [0.1, 0.15) is 43.1 Å². The average Bonchev–Trinajstić information content (AvgIpc) is 2.80. The number of hydrogen-bond acceptors (Lipinski definition) is 4. The lowest BCUT2D eigenvalue weighted by Gasteiger charge is -2.39. The summed E-state index contributed by atoms with van der Waals surface area (Å²) in [5, 5.41) is 23.4. The molecule has 1 amide bonds. The summed E-state index contributed by atoms with van der Waals surface area (Å²) < 4.78 is 1.26. The molecular formula is C14H21N3O4. The first kappa shape index (κ1) is 15.5. The summed E-state index contributed by atoms with van der Waals surface area (Å²) in [5.74, 6) is -0.0714. The van der Waals surface area contributed by atoms with E-state index >= 15 is 0 Å². The van der Waals surface area contributed by atoms with Crippen LogP contribution in [0.15, 0.2) is 12.1 Å². The van der Waals surface area contributed by atoms with E-state index in [1.165, 1.54) is 23.7 Å². The number of rotatable bonds is 4. The zero-order valence-electron chi connectivity index (χ0n) is 12.3. The molecule has 2 atom stereocenters. The van der Waals surface area contributed by atoms with Crippen molar-refractivity contribution in [2.45, 2.75) is 38.1 Å². The fraction of sp³-hybridized carbons (Fsp3) is 0.643. The summed E-state index contributed by atoms with van der Waals surface area (Å²) in [6, 6.07) is 2.74. The van der Waals surface area contributed by atoms with E-state index in [-0.39, 0.29) is 24.0 Å². The van der Waals surface area contributed by atoms with E-state index in [0.717, 1.165) is 25.7 Å². The Morgan fingerprint density at radius 1 is 1.62 bits per heavy atom. The maximum Gasteiger partial charge on any atom is 0.323 e. The molecule has 7 heteroatoms. The zero-order chi connectivity index (χ0) is 15.6. The molecule has 1 aliphatic carbocycles. The van der Waals surface area contributed by atoms with E-state index in [0.29, 0.717) is 5.92 Å². The van der Waals surface area contributed by atoms with E-state index in [9.17, 15) is 20.0 Å². The predicted octanol–water partition coefficient (Wildman–Crippen LogP) is 1.60. The van der Waals surface area contributed by atoms with Crippen molar-refractivity contribution in [2.24, 2.45) is 13.0 Å². The number of carbonyl (C=O) groups excluding carboxylic acids is 1. The van der Waals surface area contributed by atoms with Crippen molar-refractivity contribution < 1.29 is 14.8 Å². The van der Waals surface area contributed by atoms with Gasteiger partial charge in [-0.05, 0) is 29.7 Å². The summed E-state index contributed by atoms with van der Waals surface area (Å²) in [5.41, 5.74) is -0.388. The second-order valence-electron chi connectivity index (χ2n) is 5.99. The minimum Gasteiger partial charge on any atom is -0.394 e. The van der Waals surface area contributed by atoms with Gasteiger partial charge in [0, 0.05) is 6.07 Å². The zero-order valence-corrected chi connectivity index (χ0v) is 12.3. The number of amides is 1. The molecule has 1 aromatic rings. The summed E-state index contributed by atoms with van der Waals surface area (Å²) in [6.07, 6.45) is 3.50. The van der Waals surface area contributed by atoms with Crippen LogP contribution in [0.25, 0.3) is 0 Å². The lowest BCUT2D eigenvalue weighted by atomic mass is 9.77. The number of nitrogens with zero attached hydrogens (tertiary/aromatic N) is 2. The Balaban J connectivity index is 2.18. The fourth-order valence-corrected chi connectivity index (χ4v) is 3.17. The number of aliphatic hydroxyl groups is 1. The molecule has 1 heterocycles. The molecule has 1 aromatic heterocycles. The third-order valence-corrected chi connectivity index (χ3v) is 4.29. The van der Waals surface area contributed by atoms with Gasteiger partial charge in [0.25, 0.3) is 5.91 Å². The molecule has 0 aromatic carbocycles. The molecule has 0 radical (unpaired) electrons. The molecule has 21 heavy (non-hydrogen) atoms. The summed E-state index contributed by atoms with van der Waals surface area (Å²) in [7, 11) is 1.49. The van der Waals surface area contributed by atoms with Gasteiger partial charge in [-0.15, -0.1) is 0 Å². The largest absolute Gasteiger partial charge is 0.394 e. The van der Waals surface area contributed by atoms with Crippen molar-refractivity contribution in [3.8, 4) is 0 Å². The lowest BCUT2D eigenvalue weighted by Crippen LogP contribution is -2.54. The molecule has 0 aliphatic heterocycles. The molecule has 2 unspecified atom stereocenters. The van der Waals surface area contributed by atoms with Crippen LogP contribution < -0.4 is 5.32 Å². The molecule has 116 valence electrons. The van der Waals surface area contributed by atoms with Gasteiger partial charge in [-0.3, -0.25) is 4.79 Å². The number of aromatic nitrogens is 1. The second kappa shape index (κ2) is 5.85. The van der Waals surface area contributed by atoms with Gasteiger partial charge in [-0.1, -0.05) is 19.8 Å². The molecule has 7 nitrogen and oxygen atoms in total. The van der Waals surface area contributed by atoms with Crippen molar-refractivity contribution in [1.82, 2.24) is 9.88 Å². The second-order valence-corrected chi connectivity index (χ2v) is 5.99. The molecule has 1 fully saturated rings. The Bertz CT molecular complexity index is 554. The topological polar surface area (TPSA) is 97.4 Å². The quantitative estimate of drug-likeness (QED) is 0.651. The van der Waals surface area contributed by atoms with Crippen LogP contribution in [-0.2, 0) is 7.05 Å². The highest BCUT2D eigenvalue weighted by atomic mass is 16.6. The van der Waals surface area contributed by atoms with Crippen LogP contribution in [0.3, 0.4) is 0 Å². The minimum absolute atomic E-state index is 0.115. The number of nitrogens with one attached hydrogen (secondary N) is 1. The first-order valence-electron chi connectivity index (χ1n) is 7.12. The van der Waals surface area contributed by atoms with Gasteiger partial charge in [0.1, 0.15) is 0 Å². The summed E-state index contributed by atoms with van der Waals surface area (Å²) >= 11 is 0. The monoisotopic (exact) mass is 295 g/mol. The molecule has 0 saturated heterocycles. The predicted molar refractivity (Wildman–Crippen MR) is 77.0 cm³/mol. The highest BCUT2D eigenvalue weighted by molar-refractivity contribution is 5.93. The molecule has 2 N–H and O–H groups in total. The smallest absolute Gasteiger partial charge is 0.323 e. The molecule has 1 aliphatic rings. The van der Waals surface area contributed by atoms with Crippen LogP contribution in [0.4, 0.5) is 5.82 Å². The van der Waals surface area contributed by atoms with E-state index in [2.05, 4.69) is 12.2 Å². The van der Waals surface area contributed by atoms with Crippen molar-refractivity contribution in [3.05, 3.63) is 27.9 Å². The Morgan fingerprint density at radius 2 is 2.33 bits per heavy atom. The van der Waals surface area contributed by atoms with E-state index in [1.807, 2.05) is 0 Å². The standard InChI is InChI=1S/C14H21N3O4/c1-10-4-3-7-14(8-10,9-18)15-13(19)11-5-6-12(16(11)2)17(20)21/h5-6,10,18H,3-4,7-9H2,1-2H3,(H,15,19). The first-order chi connectivity index (χ1) is 9.88.